The summed E-state index contributed by atoms with van der Waals surface area (Å²) in [5, 5.41) is 0.134. The van der Waals surface area contributed by atoms with Gasteiger partial charge in [-0.15, -0.1) is 0 Å². The summed E-state index contributed by atoms with van der Waals surface area (Å²) < 4.78 is 0. The lowest BCUT2D eigenvalue weighted by atomic mass is 9.87. The van der Waals surface area contributed by atoms with Crippen molar-refractivity contribution in [3.63, 3.8) is 0 Å². The third-order valence-corrected chi connectivity index (χ3v) is 6.23. The molecule has 0 bridgehead atoms. The topological polar surface area (TPSA) is 17.1 Å². The van der Waals surface area contributed by atoms with Gasteiger partial charge in [0.05, 0.1) is 0 Å². The Morgan fingerprint density at radius 1 is 1.11 bits per heavy atom. The lowest BCUT2D eigenvalue weighted by molar-refractivity contribution is 0.0949. The van der Waals surface area contributed by atoms with Crippen LogP contribution in [-0.4, -0.2) is 22.5 Å². The van der Waals surface area contributed by atoms with Gasteiger partial charge in [-0.3, -0.25) is 4.79 Å². The minimum atomic E-state index is 0.0298. The third kappa shape index (κ3) is 3.61. The van der Waals surface area contributed by atoms with Crippen LogP contribution in [0.15, 0.2) is 30.3 Å². The summed E-state index contributed by atoms with van der Waals surface area (Å²) in [5.41, 5.74) is 0.888. The molecule has 0 radical (unpaired) electrons. The Balaban J connectivity index is 3.08. The lowest BCUT2D eigenvalue weighted by Crippen LogP contribution is -2.43. The van der Waals surface area contributed by atoms with Crippen LogP contribution in [0.2, 0.25) is 0 Å². The van der Waals surface area contributed by atoms with E-state index in [1.165, 1.54) is 0 Å². The van der Waals surface area contributed by atoms with Gasteiger partial charge >= 0.3 is 0 Å². The summed E-state index contributed by atoms with van der Waals surface area (Å²) in [6.45, 7) is 10.9. The average molecular weight is 265 g/mol. The van der Waals surface area contributed by atoms with E-state index in [9.17, 15) is 4.79 Å². The monoisotopic (exact) mass is 265 g/mol. The van der Waals surface area contributed by atoms with E-state index in [2.05, 4.69) is 34.6 Å². The largest absolute Gasteiger partial charge is 0.288 e. The van der Waals surface area contributed by atoms with Gasteiger partial charge in [0.15, 0.2) is 5.25 Å². The standard InChI is InChI=1S/C16H25OS/c1-6-18(7-2)15(16(3,4)5)14(17)13-11-9-8-10-12-13/h8-12,15H,6-7H2,1-5H3/q+1. The molecule has 0 saturated carbocycles. The zero-order valence-electron chi connectivity index (χ0n) is 12.2. The van der Waals surface area contributed by atoms with Crippen molar-refractivity contribution in [3.8, 4) is 0 Å². The minimum Gasteiger partial charge on any atom is -0.288 e. The fourth-order valence-electron chi connectivity index (χ4n) is 2.34. The van der Waals surface area contributed by atoms with Gasteiger partial charge in [0, 0.05) is 11.0 Å². The average Bonchev–Trinajstić information content (AvgIpc) is 2.34. The van der Waals surface area contributed by atoms with Crippen molar-refractivity contribution in [3.05, 3.63) is 35.9 Å². The van der Waals surface area contributed by atoms with Crippen LogP contribution in [0.25, 0.3) is 0 Å². The molecule has 1 aromatic carbocycles. The maximum atomic E-state index is 12.8. The first-order valence-electron chi connectivity index (χ1n) is 6.67. The molecule has 1 rings (SSSR count). The third-order valence-electron chi connectivity index (χ3n) is 3.16. The van der Waals surface area contributed by atoms with Gasteiger partial charge in [-0.25, -0.2) is 0 Å². The van der Waals surface area contributed by atoms with Crippen molar-refractivity contribution in [2.24, 2.45) is 5.41 Å². The van der Waals surface area contributed by atoms with Crippen molar-refractivity contribution in [1.29, 1.82) is 0 Å². The quantitative estimate of drug-likeness (QED) is 0.582. The first-order chi connectivity index (χ1) is 8.41. The fourth-order valence-corrected chi connectivity index (χ4v) is 4.85. The fraction of sp³-hybridized carbons (Fsp3) is 0.562. The molecule has 0 aliphatic rings. The summed E-state index contributed by atoms with van der Waals surface area (Å²) in [5.74, 6) is 2.50. The van der Waals surface area contributed by atoms with E-state index in [1.807, 2.05) is 30.3 Å². The summed E-state index contributed by atoms with van der Waals surface area (Å²) in [4.78, 5) is 12.8. The molecule has 0 fully saturated rings. The molecule has 0 aliphatic carbocycles. The smallest absolute Gasteiger partial charge is 0.215 e. The van der Waals surface area contributed by atoms with E-state index in [-0.39, 0.29) is 21.6 Å². The summed E-state index contributed by atoms with van der Waals surface area (Å²) >= 11 is 0. The summed E-state index contributed by atoms with van der Waals surface area (Å²) in [6.07, 6.45) is 0. The van der Waals surface area contributed by atoms with E-state index in [4.69, 9.17) is 0 Å². The Morgan fingerprint density at radius 2 is 1.61 bits per heavy atom. The Hall–Kier alpha value is -0.760. The van der Waals surface area contributed by atoms with Gasteiger partial charge in [-0.05, 0) is 24.7 Å². The van der Waals surface area contributed by atoms with Crippen LogP contribution in [0.1, 0.15) is 45.0 Å². The van der Waals surface area contributed by atoms with Gasteiger partial charge in [-0.2, -0.15) is 0 Å². The number of hydrogen-bond acceptors (Lipinski definition) is 1. The van der Waals surface area contributed by atoms with Crippen molar-refractivity contribution >= 4 is 16.7 Å². The predicted octanol–water partition coefficient (Wildman–Crippen LogP) is 3.94. The maximum absolute atomic E-state index is 12.8. The molecule has 0 N–H and O–H groups in total. The second-order valence-corrected chi connectivity index (χ2v) is 8.29. The number of hydrogen-bond donors (Lipinski definition) is 0. The van der Waals surface area contributed by atoms with Crippen molar-refractivity contribution in [1.82, 2.24) is 0 Å². The van der Waals surface area contributed by atoms with Crippen LogP contribution >= 0.6 is 0 Å². The summed E-state index contributed by atoms with van der Waals surface area (Å²) in [6, 6.07) is 9.73. The molecule has 0 aliphatic heterocycles. The van der Waals surface area contributed by atoms with E-state index in [0.717, 1.165) is 17.1 Å². The Morgan fingerprint density at radius 3 is 2.00 bits per heavy atom. The highest BCUT2D eigenvalue weighted by molar-refractivity contribution is 7.98. The van der Waals surface area contributed by atoms with E-state index < -0.39 is 0 Å². The van der Waals surface area contributed by atoms with E-state index in [0.29, 0.717) is 5.78 Å². The molecule has 1 atom stereocenters. The molecule has 0 aromatic heterocycles. The second-order valence-electron chi connectivity index (χ2n) is 5.59. The normalized spacial score (nSPS) is 13.7. The Labute approximate surface area is 114 Å². The number of carbonyl (C=O) groups excluding carboxylic acids is 1. The number of benzene rings is 1. The van der Waals surface area contributed by atoms with Gasteiger partial charge in [0.2, 0.25) is 5.78 Å². The molecule has 2 heteroatoms. The Bertz CT molecular complexity index is 374. The predicted molar refractivity (Wildman–Crippen MR) is 82.5 cm³/mol. The molecule has 0 saturated heterocycles. The molecule has 0 amide bonds. The zero-order valence-corrected chi connectivity index (χ0v) is 13.0. The Kier molecular flexibility index (Phi) is 5.46. The van der Waals surface area contributed by atoms with Crippen LogP contribution in [0.4, 0.5) is 0 Å². The van der Waals surface area contributed by atoms with Crippen LogP contribution in [0.5, 0.6) is 0 Å². The van der Waals surface area contributed by atoms with Crippen LogP contribution in [-0.2, 0) is 10.9 Å². The van der Waals surface area contributed by atoms with Crippen LogP contribution in [0, 0.1) is 5.41 Å². The highest BCUT2D eigenvalue weighted by Crippen LogP contribution is 2.30. The van der Waals surface area contributed by atoms with Gasteiger partial charge in [-0.1, -0.05) is 51.1 Å². The van der Waals surface area contributed by atoms with E-state index in [1.54, 1.807) is 0 Å². The van der Waals surface area contributed by atoms with Crippen molar-refractivity contribution in [2.45, 2.75) is 39.9 Å². The number of rotatable bonds is 5. The highest BCUT2D eigenvalue weighted by atomic mass is 32.2. The van der Waals surface area contributed by atoms with Gasteiger partial charge in [0.25, 0.3) is 0 Å². The molecule has 0 spiro atoms. The van der Waals surface area contributed by atoms with Crippen molar-refractivity contribution in [2.75, 3.05) is 11.5 Å². The zero-order chi connectivity index (χ0) is 13.8. The highest BCUT2D eigenvalue weighted by Gasteiger charge is 2.43. The molecule has 1 nitrogen and oxygen atoms in total. The molecule has 18 heavy (non-hydrogen) atoms. The first-order valence-corrected chi connectivity index (χ1v) is 8.30. The van der Waals surface area contributed by atoms with Crippen LogP contribution in [0.3, 0.4) is 0 Å². The molecule has 100 valence electrons. The molecule has 1 aromatic rings. The molecular weight excluding hydrogens is 240 g/mol. The summed E-state index contributed by atoms with van der Waals surface area (Å²) in [7, 11) is 0.174. The number of carbonyl (C=O) groups is 1. The second kappa shape index (κ2) is 6.42. The van der Waals surface area contributed by atoms with Crippen LogP contribution < -0.4 is 0 Å². The van der Waals surface area contributed by atoms with Gasteiger partial charge < -0.3 is 0 Å². The minimum absolute atomic E-state index is 0.0298. The number of Topliss-reactive ketones (excluding diaryl/α,β-unsaturated/α-hetero) is 1. The molecule has 1 unspecified atom stereocenters. The van der Waals surface area contributed by atoms with Crippen molar-refractivity contribution < 1.29 is 4.79 Å². The molecular formula is C16H25OS+. The van der Waals surface area contributed by atoms with E-state index >= 15 is 0 Å². The van der Waals surface area contributed by atoms with Gasteiger partial charge in [0.1, 0.15) is 11.5 Å². The SMILES string of the molecule is CC[S+](CC)C(C(=O)c1ccccc1)C(C)(C)C. The maximum Gasteiger partial charge on any atom is 0.215 e. The number of ketones is 1. The lowest BCUT2D eigenvalue weighted by Gasteiger charge is -2.28. The molecule has 0 heterocycles. The first kappa shape index (κ1) is 15.3.